The van der Waals surface area contributed by atoms with Crippen LogP contribution < -0.4 is 10.1 Å². The van der Waals surface area contributed by atoms with Gasteiger partial charge in [0.05, 0.1) is 12.5 Å². The number of rotatable bonds is 10. The molecule has 0 spiro atoms. The van der Waals surface area contributed by atoms with E-state index in [-0.39, 0.29) is 12.5 Å². The lowest BCUT2D eigenvalue weighted by Gasteiger charge is -2.14. The lowest BCUT2D eigenvalue weighted by atomic mass is 9.99. The highest BCUT2D eigenvalue weighted by Gasteiger charge is 2.18. The van der Waals surface area contributed by atoms with E-state index in [9.17, 15) is 14.7 Å². The predicted octanol–water partition coefficient (Wildman–Crippen LogP) is 2.64. The normalized spacial score (nSPS) is 11.7. The van der Waals surface area contributed by atoms with Crippen LogP contribution in [0.4, 0.5) is 0 Å². The Balaban J connectivity index is 2.53. The van der Waals surface area contributed by atoms with Crippen molar-refractivity contribution in [3.8, 4) is 5.75 Å². The van der Waals surface area contributed by atoms with E-state index in [1.165, 1.54) is 0 Å². The third-order valence-corrected chi connectivity index (χ3v) is 3.37. The van der Waals surface area contributed by atoms with Crippen LogP contribution in [-0.2, 0) is 16.0 Å². The van der Waals surface area contributed by atoms with Crippen molar-refractivity contribution in [3.05, 3.63) is 29.8 Å². The number of carbonyl (C=O) groups is 2. The Bertz CT molecular complexity index is 470. The second-order valence-electron chi connectivity index (χ2n) is 5.22. The van der Waals surface area contributed by atoms with E-state index in [2.05, 4.69) is 5.32 Å². The first-order valence-corrected chi connectivity index (χ1v) is 7.78. The number of ether oxygens (including phenoxy) is 1. The van der Waals surface area contributed by atoms with E-state index in [1.54, 1.807) is 0 Å². The molecule has 5 heteroatoms. The maximum absolute atomic E-state index is 11.6. The van der Waals surface area contributed by atoms with Gasteiger partial charge in [0.1, 0.15) is 5.75 Å². The van der Waals surface area contributed by atoms with Gasteiger partial charge in [0.15, 0.2) is 0 Å². The van der Waals surface area contributed by atoms with Gasteiger partial charge in [-0.25, -0.2) is 0 Å². The lowest BCUT2D eigenvalue weighted by molar-refractivity contribution is -0.141. The number of amides is 1. The standard InChI is InChI=1S/C17H25NO4/c1-3-5-6-16(19)18-12-14(17(20)21)11-13-7-9-15(10-8-13)22-4-2/h7-10,14H,3-6,11-12H2,1-2H3,(H,18,19)(H,20,21). The molecule has 0 heterocycles. The van der Waals surface area contributed by atoms with E-state index >= 15 is 0 Å². The second kappa shape index (κ2) is 9.82. The number of hydrogen-bond acceptors (Lipinski definition) is 3. The maximum atomic E-state index is 11.6. The molecule has 0 aromatic heterocycles. The number of carboxylic acid groups (broad SMARTS) is 1. The van der Waals surface area contributed by atoms with E-state index in [1.807, 2.05) is 38.1 Å². The third-order valence-electron chi connectivity index (χ3n) is 3.37. The van der Waals surface area contributed by atoms with Gasteiger partial charge in [-0.3, -0.25) is 9.59 Å². The molecule has 0 saturated heterocycles. The Morgan fingerprint density at radius 2 is 1.91 bits per heavy atom. The highest BCUT2D eigenvalue weighted by atomic mass is 16.5. The molecule has 0 aliphatic rings. The first-order valence-electron chi connectivity index (χ1n) is 7.78. The summed E-state index contributed by atoms with van der Waals surface area (Å²) in [5, 5.41) is 12.0. The fourth-order valence-corrected chi connectivity index (χ4v) is 2.08. The van der Waals surface area contributed by atoms with Gasteiger partial charge in [0.2, 0.25) is 5.91 Å². The molecule has 22 heavy (non-hydrogen) atoms. The minimum absolute atomic E-state index is 0.0835. The van der Waals surface area contributed by atoms with Crippen LogP contribution in [-0.4, -0.2) is 30.1 Å². The van der Waals surface area contributed by atoms with Crippen LogP contribution in [0.1, 0.15) is 38.7 Å². The Labute approximate surface area is 131 Å². The van der Waals surface area contributed by atoms with E-state index in [0.29, 0.717) is 19.4 Å². The van der Waals surface area contributed by atoms with Crippen molar-refractivity contribution < 1.29 is 19.4 Å². The number of unbranched alkanes of at least 4 members (excludes halogenated alkanes) is 1. The summed E-state index contributed by atoms with van der Waals surface area (Å²) in [6.07, 6.45) is 2.60. The Hall–Kier alpha value is -2.04. The van der Waals surface area contributed by atoms with Crippen LogP contribution >= 0.6 is 0 Å². The van der Waals surface area contributed by atoms with Crippen LogP contribution in [0.15, 0.2) is 24.3 Å². The number of hydrogen-bond donors (Lipinski definition) is 2. The first-order chi connectivity index (χ1) is 10.6. The van der Waals surface area contributed by atoms with Crippen LogP contribution in [0.2, 0.25) is 0 Å². The largest absolute Gasteiger partial charge is 0.494 e. The quantitative estimate of drug-likeness (QED) is 0.697. The third kappa shape index (κ3) is 6.61. The van der Waals surface area contributed by atoms with E-state index in [4.69, 9.17) is 4.74 Å². The van der Waals surface area contributed by atoms with Crippen molar-refractivity contribution in [2.75, 3.05) is 13.2 Å². The summed E-state index contributed by atoms with van der Waals surface area (Å²) >= 11 is 0. The molecule has 0 saturated carbocycles. The summed E-state index contributed by atoms with van der Waals surface area (Å²) in [4.78, 5) is 22.9. The van der Waals surface area contributed by atoms with Gasteiger partial charge in [-0.1, -0.05) is 25.5 Å². The Kier molecular flexibility index (Phi) is 8.04. The molecule has 1 rings (SSSR count). The van der Waals surface area contributed by atoms with Crippen molar-refractivity contribution in [1.29, 1.82) is 0 Å². The summed E-state index contributed by atoms with van der Waals surface area (Å²) in [5.74, 6) is -0.834. The molecule has 0 fully saturated rings. The van der Waals surface area contributed by atoms with Crippen LogP contribution in [0.3, 0.4) is 0 Å². The molecule has 122 valence electrons. The lowest BCUT2D eigenvalue weighted by Crippen LogP contribution is -2.33. The molecule has 5 nitrogen and oxygen atoms in total. The smallest absolute Gasteiger partial charge is 0.308 e. The van der Waals surface area contributed by atoms with Gasteiger partial charge in [-0.15, -0.1) is 0 Å². The summed E-state index contributed by atoms with van der Waals surface area (Å²) in [7, 11) is 0. The monoisotopic (exact) mass is 307 g/mol. The topological polar surface area (TPSA) is 75.6 Å². The molecule has 0 bridgehead atoms. The fourth-order valence-electron chi connectivity index (χ4n) is 2.08. The van der Waals surface area contributed by atoms with Crippen molar-refractivity contribution in [3.63, 3.8) is 0 Å². The number of carbonyl (C=O) groups excluding carboxylic acids is 1. The van der Waals surface area contributed by atoms with Gasteiger partial charge >= 0.3 is 5.97 Å². The summed E-state index contributed by atoms with van der Waals surface area (Å²) in [5.41, 5.74) is 0.915. The van der Waals surface area contributed by atoms with Gasteiger partial charge in [-0.2, -0.15) is 0 Å². The second-order valence-corrected chi connectivity index (χ2v) is 5.22. The van der Waals surface area contributed by atoms with Gasteiger partial charge < -0.3 is 15.2 Å². The molecule has 0 aliphatic heterocycles. The van der Waals surface area contributed by atoms with Crippen molar-refractivity contribution in [2.24, 2.45) is 5.92 Å². The van der Waals surface area contributed by atoms with E-state index in [0.717, 1.165) is 24.2 Å². The number of nitrogens with one attached hydrogen (secondary N) is 1. The van der Waals surface area contributed by atoms with Crippen molar-refractivity contribution in [1.82, 2.24) is 5.32 Å². The summed E-state index contributed by atoms with van der Waals surface area (Å²) in [6.45, 7) is 4.68. The molecular formula is C17H25NO4. The minimum Gasteiger partial charge on any atom is -0.494 e. The first kappa shape index (κ1) is 18.0. The van der Waals surface area contributed by atoms with Crippen LogP contribution in [0, 0.1) is 5.92 Å². The van der Waals surface area contributed by atoms with Crippen LogP contribution in [0.25, 0.3) is 0 Å². The average molecular weight is 307 g/mol. The average Bonchev–Trinajstić information content (AvgIpc) is 2.51. The zero-order valence-corrected chi connectivity index (χ0v) is 13.3. The number of aliphatic carboxylic acids is 1. The van der Waals surface area contributed by atoms with Crippen molar-refractivity contribution >= 4 is 11.9 Å². The Morgan fingerprint density at radius 1 is 1.23 bits per heavy atom. The SMILES string of the molecule is CCCCC(=O)NCC(Cc1ccc(OCC)cc1)C(=O)O. The maximum Gasteiger partial charge on any atom is 0.308 e. The minimum atomic E-state index is -0.898. The highest BCUT2D eigenvalue weighted by Crippen LogP contribution is 2.15. The Morgan fingerprint density at radius 3 is 2.45 bits per heavy atom. The molecule has 2 N–H and O–H groups in total. The van der Waals surface area contributed by atoms with E-state index < -0.39 is 11.9 Å². The number of benzene rings is 1. The molecule has 1 aromatic rings. The van der Waals surface area contributed by atoms with Gasteiger partial charge in [0.25, 0.3) is 0 Å². The molecule has 1 unspecified atom stereocenters. The summed E-state index contributed by atoms with van der Waals surface area (Å²) in [6, 6.07) is 7.38. The molecular weight excluding hydrogens is 282 g/mol. The molecule has 1 atom stereocenters. The molecule has 1 amide bonds. The predicted molar refractivity (Wildman–Crippen MR) is 85.0 cm³/mol. The molecule has 0 radical (unpaired) electrons. The molecule has 0 aliphatic carbocycles. The van der Waals surface area contributed by atoms with Gasteiger partial charge in [-0.05, 0) is 37.5 Å². The number of carboxylic acids is 1. The zero-order chi connectivity index (χ0) is 16.4. The fraction of sp³-hybridized carbons (Fsp3) is 0.529. The van der Waals surface area contributed by atoms with Crippen molar-refractivity contribution in [2.45, 2.75) is 39.5 Å². The summed E-state index contributed by atoms with van der Waals surface area (Å²) < 4.78 is 5.36. The zero-order valence-electron chi connectivity index (χ0n) is 13.3. The van der Waals surface area contributed by atoms with Gasteiger partial charge in [0, 0.05) is 13.0 Å². The highest BCUT2D eigenvalue weighted by molar-refractivity contribution is 5.77. The molecule has 1 aromatic carbocycles. The van der Waals surface area contributed by atoms with Crippen LogP contribution in [0.5, 0.6) is 5.75 Å².